The zero-order valence-electron chi connectivity index (χ0n) is 13.0. The summed E-state index contributed by atoms with van der Waals surface area (Å²) in [5.74, 6) is 0.340. The molecule has 0 aromatic heterocycles. The molecule has 0 heterocycles. The van der Waals surface area contributed by atoms with Gasteiger partial charge in [-0.05, 0) is 0 Å². The third-order valence-corrected chi connectivity index (χ3v) is 3.00. The molecule has 20 heavy (non-hydrogen) atoms. The Balaban J connectivity index is 0.000000345. The van der Waals surface area contributed by atoms with E-state index in [0.29, 0.717) is 5.41 Å². The minimum absolute atomic E-state index is 0. The molecule has 0 radical (unpaired) electrons. The van der Waals surface area contributed by atoms with Gasteiger partial charge in [0, 0.05) is 23.0 Å². The standard InChI is InChI=1S/C9H11O.C9H13.Fe/c1-7(2)9(10)8-5-3-4-6-8;1-9(2,3)8-6-4-5-7-8;/h3-7H,1-2H3;4-7H,1-3H3;/q-1;-5;. The zero-order valence-corrected chi connectivity index (χ0v) is 14.1. The van der Waals surface area contributed by atoms with Crippen LogP contribution in [0.2, 0.25) is 0 Å². The zero-order chi connectivity index (χ0) is 14.5. The smallest absolute Gasteiger partial charge is 0.111 e. The Morgan fingerprint density at radius 2 is 1.50 bits per heavy atom. The number of carbonyl (C=O) groups excluding carboxylic acids is 1. The van der Waals surface area contributed by atoms with E-state index < -0.39 is 0 Å². The summed E-state index contributed by atoms with van der Waals surface area (Å²) in [4.78, 5) is 11.2. The molecule has 1 nitrogen and oxygen atoms in total. The maximum atomic E-state index is 11.2. The summed E-state index contributed by atoms with van der Waals surface area (Å²) >= 11 is 0. The maximum Gasteiger partial charge on any atom is 0.111 e. The van der Waals surface area contributed by atoms with Gasteiger partial charge in [0.2, 0.25) is 0 Å². The van der Waals surface area contributed by atoms with Gasteiger partial charge in [-0.3, -0.25) is 0 Å². The molecule has 0 N–H and O–H groups in total. The molecule has 0 aliphatic carbocycles. The van der Waals surface area contributed by atoms with E-state index in [1.807, 2.05) is 38.1 Å². The summed E-state index contributed by atoms with van der Waals surface area (Å²) in [6, 6.07) is 16.0. The molecule has 0 bridgehead atoms. The van der Waals surface area contributed by atoms with Crippen molar-refractivity contribution in [2.45, 2.75) is 40.0 Å². The molecule has 0 saturated carbocycles. The Morgan fingerprint density at radius 1 is 1.05 bits per heavy atom. The Labute approximate surface area is 133 Å². The number of Topliss-reactive ketones (excluding diaryl/α,β-unsaturated/α-hetero) is 1. The molecule has 0 spiro atoms. The minimum atomic E-state index is 0. The third-order valence-electron chi connectivity index (χ3n) is 3.00. The normalized spacial score (nSPS) is 10.5. The van der Waals surface area contributed by atoms with E-state index in [1.54, 1.807) is 0 Å². The predicted molar refractivity (Wildman–Crippen MR) is 81.9 cm³/mol. The molecule has 2 rings (SSSR count). The van der Waals surface area contributed by atoms with E-state index >= 15 is 0 Å². The van der Waals surface area contributed by atoms with Crippen molar-refractivity contribution in [3.8, 4) is 0 Å². The van der Waals surface area contributed by atoms with Crippen molar-refractivity contribution in [3.63, 3.8) is 0 Å². The second kappa shape index (κ2) is 8.24. The predicted octanol–water partition coefficient (Wildman–Crippen LogP) is 4.94. The van der Waals surface area contributed by atoms with Crippen LogP contribution in [0.1, 0.15) is 50.5 Å². The van der Waals surface area contributed by atoms with Gasteiger partial charge in [-0.25, -0.2) is 17.5 Å². The molecule has 0 atom stereocenters. The number of hydrogen-bond donors (Lipinski definition) is 0. The van der Waals surface area contributed by atoms with Gasteiger partial charge in [0.25, 0.3) is 0 Å². The first-order valence-electron chi connectivity index (χ1n) is 6.80. The second-order valence-corrected chi connectivity index (χ2v) is 6.12. The van der Waals surface area contributed by atoms with Crippen molar-refractivity contribution in [1.82, 2.24) is 0 Å². The van der Waals surface area contributed by atoms with Gasteiger partial charge in [0.1, 0.15) is 5.78 Å². The van der Waals surface area contributed by atoms with Crippen molar-refractivity contribution >= 4 is 5.78 Å². The van der Waals surface area contributed by atoms with Crippen LogP contribution in [0.4, 0.5) is 0 Å². The van der Waals surface area contributed by atoms with Crippen LogP contribution in [-0.2, 0) is 22.5 Å². The average molecular weight is 312 g/mol. The number of rotatable bonds is 2. The molecule has 2 aromatic carbocycles. The summed E-state index contributed by atoms with van der Waals surface area (Å²) in [7, 11) is 0. The summed E-state index contributed by atoms with van der Waals surface area (Å²) in [6.45, 7) is 10.5. The monoisotopic (exact) mass is 312 g/mol. The fourth-order valence-corrected chi connectivity index (χ4v) is 1.75. The van der Waals surface area contributed by atoms with Gasteiger partial charge < -0.3 is 34.6 Å². The SMILES string of the molecule is CC(C)(C)[c-]1[cH-][cH-][cH-][cH-]1.CC(C)C(=O)[c-]1cccc1.[Fe]. The summed E-state index contributed by atoms with van der Waals surface area (Å²) in [6.07, 6.45) is 0. The Morgan fingerprint density at radius 3 is 1.80 bits per heavy atom. The van der Waals surface area contributed by atoms with Crippen LogP contribution >= 0.6 is 0 Å². The molecule has 0 unspecified atom stereocenters. The fraction of sp³-hybridized carbons (Fsp3) is 0.389. The number of ketones is 1. The quantitative estimate of drug-likeness (QED) is 0.436. The first-order chi connectivity index (χ1) is 8.82. The van der Waals surface area contributed by atoms with Crippen molar-refractivity contribution in [1.29, 1.82) is 0 Å². The molecular weight excluding hydrogens is 288 g/mol. The van der Waals surface area contributed by atoms with Crippen LogP contribution in [0, 0.1) is 5.92 Å². The molecule has 0 saturated heterocycles. The van der Waals surface area contributed by atoms with E-state index in [9.17, 15) is 4.79 Å². The van der Waals surface area contributed by atoms with Gasteiger partial charge in [-0.2, -0.15) is 12.1 Å². The molecule has 0 fully saturated rings. The van der Waals surface area contributed by atoms with Crippen LogP contribution < -0.4 is 0 Å². The van der Waals surface area contributed by atoms with E-state index in [-0.39, 0.29) is 28.8 Å². The van der Waals surface area contributed by atoms with Gasteiger partial charge in [0.05, 0.1) is 0 Å². The van der Waals surface area contributed by atoms with Crippen LogP contribution in [0.15, 0.2) is 48.5 Å². The molecule has 0 amide bonds. The fourth-order valence-electron chi connectivity index (χ4n) is 1.75. The Hall–Kier alpha value is -1.11. The second-order valence-electron chi connectivity index (χ2n) is 6.12. The van der Waals surface area contributed by atoms with Crippen molar-refractivity contribution in [3.05, 3.63) is 59.7 Å². The summed E-state index contributed by atoms with van der Waals surface area (Å²) in [5.41, 5.74) is 2.57. The Kier molecular flexibility index (Phi) is 7.78. The van der Waals surface area contributed by atoms with E-state index in [4.69, 9.17) is 0 Å². The van der Waals surface area contributed by atoms with Crippen molar-refractivity contribution in [2.75, 3.05) is 0 Å². The summed E-state index contributed by atoms with van der Waals surface area (Å²) in [5, 5.41) is 0. The Bertz CT molecular complexity index is 470. The largest absolute Gasteiger partial charge is 0.748 e. The summed E-state index contributed by atoms with van der Waals surface area (Å²) < 4.78 is 0. The van der Waals surface area contributed by atoms with Crippen molar-refractivity contribution in [2.24, 2.45) is 5.92 Å². The first kappa shape index (κ1) is 18.9. The van der Waals surface area contributed by atoms with E-state index in [2.05, 4.69) is 45.0 Å². The van der Waals surface area contributed by atoms with Crippen molar-refractivity contribution < 1.29 is 21.9 Å². The van der Waals surface area contributed by atoms with Gasteiger partial charge in [-0.15, -0.1) is 0 Å². The minimum Gasteiger partial charge on any atom is -0.748 e. The number of carbonyl (C=O) groups is 1. The maximum absolute atomic E-state index is 11.2. The molecule has 2 heteroatoms. The molecular formula is C18H24FeO-6. The van der Waals surface area contributed by atoms with E-state index in [0.717, 1.165) is 5.56 Å². The first-order valence-corrected chi connectivity index (χ1v) is 6.80. The van der Waals surface area contributed by atoms with Gasteiger partial charge >= 0.3 is 0 Å². The van der Waals surface area contributed by atoms with Gasteiger partial charge in [-0.1, -0.05) is 40.2 Å². The van der Waals surface area contributed by atoms with Crippen LogP contribution in [0.5, 0.6) is 0 Å². The van der Waals surface area contributed by atoms with E-state index in [1.165, 1.54) is 5.56 Å². The van der Waals surface area contributed by atoms with Gasteiger partial charge in [0.15, 0.2) is 0 Å². The molecule has 0 aliphatic rings. The molecule has 0 aliphatic heterocycles. The van der Waals surface area contributed by atoms with Crippen LogP contribution in [0.25, 0.3) is 0 Å². The molecule has 2 aromatic rings. The third kappa shape index (κ3) is 5.90. The number of hydrogen-bond acceptors (Lipinski definition) is 1. The topological polar surface area (TPSA) is 17.1 Å². The molecule has 116 valence electrons. The van der Waals surface area contributed by atoms with Crippen LogP contribution in [0.3, 0.4) is 0 Å². The van der Waals surface area contributed by atoms with Crippen LogP contribution in [-0.4, -0.2) is 5.78 Å². The average Bonchev–Trinajstić information content (AvgIpc) is 3.01.